The normalized spacial score (nSPS) is 11.5. The second kappa shape index (κ2) is 5.32. The summed E-state index contributed by atoms with van der Waals surface area (Å²) in [4.78, 5) is 20.3. The molecule has 2 heterocycles. The zero-order valence-electron chi connectivity index (χ0n) is 11.9. The van der Waals surface area contributed by atoms with E-state index in [9.17, 15) is 18.3 Å². The quantitative estimate of drug-likeness (QED) is 0.715. The minimum Gasteiger partial charge on any atom is -0.463 e. The summed E-state index contributed by atoms with van der Waals surface area (Å²) in [5.74, 6) is 0. The topological polar surface area (TPSA) is 118 Å². The molecule has 0 unspecified atom stereocenters. The van der Waals surface area contributed by atoms with Crippen LogP contribution in [0.3, 0.4) is 0 Å². The second-order valence-electron chi connectivity index (χ2n) is 4.67. The molecule has 118 valence electrons. The predicted octanol–water partition coefficient (Wildman–Crippen LogP) is 1.18. The number of sulfone groups is 1. The molecule has 0 aliphatic heterocycles. The van der Waals surface area contributed by atoms with E-state index in [4.69, 9.17) is 0 Å². The molecule has 9 nitrogen and oxygen atoms in total. The van der Waals surface area contributed by atoms with Crippen LogP contribution in [-0.4, -0.2) is 45.7 Å². The molecule has 0 spiro atoms. The molecule has 3 aromatic rings. The van der Waals surface area contributed by atoms with Gasteiger partial charge in [-0.25, -0.2) is 18.2 Å². The molecule has 1 amide bonds. The lowest BCUT2D eigenvalue weighted by molar-refractivity contribution is 0.198. The van der Waals surface area contributed by atoms with E-state index in [0.717, 1.165) is 16.1 Å². The first-order valence-electron chi connectivity index (χ1n) is 6.37. The van der Waals surface area contributed by atoms with Gasteiger partial charge in [0.25, 0.3) is 0 Å². The van der Waals surface area contributed by atoms with Crippen LogP contribution in [0, 0.1) is 0 Å². The Hall–Kier alpha value is -3.01. The molecule has 0 aliphatic carbocycles. The zero-order valence-corrected chi connectivity index (χ0v) is 12.7. The number of para-hydroxylation sites is 1. The summed E-state index contributed by atoms with van der Waals surface area (Å²) in [7, 11) is -3.63. The van der Waals surface area contributed by atoms with Crippen LogP contribution < -0.4 is 5.01 Å². The number of carboxylic acid groups (broad SMARTS) is 1. The van der Waals surface area contributed by atoms with Gasteiger partial charge in [0.15, 0.2) is 5.65 Å². The Morgan fingerprint density at radius 1 is 1.22 bits per heavy atom. The minimum atomic E-state index is -3.63. The van der Waals surface area contributed by atoms with Gasteiger partial charge in [-0.1, -0.05) is 18.2 Å². The van der Waals surface area contributed by atoms with Crippen LogP contribution in [0.25, 0.3) is 11.0 Å². The summed E-state index contributed by atoms with van der Waals surface area (Å²) in [6.45, 7) is 0. The highest BCUT2D eigenvalue weighted by molar-refractivity contribution is 7.90. The number of hydrogen-bond acceptors (Lipinski definition) is 6. The highest BCUT2D eigenvalue weighted by Crippen LogP contribution is 2.19. The number of anilines is 1. The summed E-state index contributed by atoms with van der Waals surface area (Å²) in [5.41, 5.74) is 0.413. The van der Waals surface area contributed by atoms with Gasteiger partial charge in [0.05, 0.1) is 17.3 Å². The molecule has 0 radical (unpaired) electrons. The van der Waals surface area contributed by atoms with Crippen LogP contribution in [0.2, 0.25) is 0 Å². The van der Waals surface area contributed by atoms with Crippen molar-refractivity contribution in [3.63, 3.8) is 0 Å². The summed E-state index contributed by atoms with van der Waals surface area (Å²) in [6.07, 6.45) is 2.33. The van der Waals surface area contributed by atoms with Gasteiger partial charge >= 0.3 is 6.09 Å². The fraction of sp³-hybridized carbons (Fsp3) is 0.0769. The molecule has 0 saturated heterocycles. The largest absolute Gasteiger partial charge is 0.463 e. The number of hydrogen-bond donors (Lipinski definition) is 1. The van der Waals surface area contributed by atoms with Crippen LogP contribution in [0.4, 0.5) is 10.5 Å². The van der Waals surface area contributed by atoms with Crippen molar-refractivity contribution in [2.75, 3.05) is 11.3 Å². The van der Waals surface area contributed by atoms with E-state index in [1.165, 1.54) is 12.4 Å². The molecule has 0 fully saturated rings. The molecule has 23 heavy (non-hydrogen) atoms. The first-order valence-corrected chi connectivity index (χ1v) is 8.26. The summed E-state index contributed by atoms with van der Waals surface area (Å²) < 4.78 is 23.2. The van der Waals surface area contributed by atoms with Crippen molar-refractivity contribution in [1.82, 2.24) is 19.9 Å². The first kappa shape index (κ1) is 14.9. The summed E-state index contributed by atoms with van der Waals surface area (Å²) >= 11 is 0. The Kier molecular flexibility index (Phi) is 3.45. The molecule has 10 heteroatoms. The Labute approximate surface area is 130 Å². The summed E-state index contributed by atoms with van der Waals surface area (Å²) in [5, 5.41) is 14.4. The lowest BCUT2D eigenvalue weighted by Crippen LogP contribution is -2.35. The smallest absolute Gasteiger partial charge is 0.432 e. The maximum atomic E-state index is 11.6. The van der Waals surface area contributed by atoms with Crippen molar-refractivity contribution in [3.8, 4) is 0 Å². The van der Waals surface area contributed by atoms with Crippen molar-refractivity contribution in [2.45, 2.75) is 5.16 Å². The predicted molar refractivity (Wildman–Crippen MR) is 80.8 cm³/mol. The van der Waals surface area contributed by atoms with E-state index < -0.39 is 21.1 Å². The number of carbonyl (C=O) groups is 1. The van der Waals surface area contributed by atoms with E-state index >= 15 is 0 Å². The van der Waals surface area contributed by atoms with Gasteiger partial charge in [-0.3, -0.25) is 0 Å². The van der Waals surface area contributed by atoms with Crippen molar-refractivity contribution in [2.24, 2.45) is 0 Å². The van der Waals surface area contributed by atoms with Gasteiger partial charge in [-0.05, 0) is 12.1 Å². The van der Waals surface area contributed by atoms with Gasteiger partial charge in [-0.2, -0.15) is 15.1 Å². The van der Waals surface area contributed by atoms with Crippen molar-refractivity contribution in [3.05, 3.63) is 42.7 Å². The van der Waals surface area contributed by atoms with E-state index in [-0.39, 0.29) is 5.65 Å². The van der Waals surface area contributed by atoms with E-state index in [1.807, 2.05) is 0 Å². The highest BCUT2D eigenvalue weighted by Gasteiger charge is 2.22. The Morgan fingerprint density at radius 3 is 2.52 bits per heavy atom. The highest BCUT2D eigenvalue weighted by atomic mass is 32.2. The number of amides is 1. The average Bonchev–Trinajstić information content (AvgIpc) is 2.90. The molecular formula is C13H11N5O4S. The molecule has 0 atom stereocenters. The average molecular weight is 333 g/mol. The third-order valence-corrected chi connectivity index (χ3v) is 3.83. The van der Waals surface area contributed by atoms with E-state index in [2.05, 4.69) is 15.1 Å². The van der Waals surface area contributed by atoms with Crippen LogP contribution in [0.15, 0.2) is 47.9 Å². The van der Waals surface area contributed by atoms with Crippen LogP contribution >= 0.6 is 0 Å². The minimum absolute atomic E-state index is 0.0756. The number of aromatic nitrogens is 4. The monoisotopic (exact) mass is 333 g/mol. The van der Waals surface area contributed by atoms with Gasteiger partial charge in [0, 0.05) is 12.5 Å². The van der Waals surface area contributed by atoms with Gasteiger partial charge < -0.3 is 5.11 Å². The summed E-state index contributed by atoms with van der Waals surface area (Å²) in [6, 6.07) is 8.26. The molecule has 1 aromatic carbocycles. The van der Waals surface area contributed by atoms with Crippen molar-refractivity contribution < 1.29 is 18.3 Å². The van der Waals surface area contributed by atoms with Gasteiger partial charge in [-0.15, -0.1) is 4.79 Å². The maximum absolute atomic E-state index is 11.6. The molecule has 2 aromatic heterocycles. The van der Waals surface area contributed by atoms with Crippen molar-refractivity contribution in [1.29, 1.82) is 0 Å². The Bertz CT molecular complexity index is 984. The number of rotatable bonds is 3. The van der Waals surface area contributed by atoms with E-state index in [1.54, 1.807) is 30.3 Å². The molecule has 0 bridgehead atoms. The first-order chi connectivity index (χ1) is 10.9. The molecule has 3 rings (SSSR count). The Morgan fingerprint density at radius 2 is 1.91 bits per heavy atom. The lowest BCUT2D eigenvalue weighted by Gasteiger charge is -2.19. The third-order valence-electron chi connectivity index (χ3n) is 2.97. The van der Waals surface area contributed by atoms with Crippen LogP contribution in [0.5, 0.6) is 0 Å². The van der Waals surface area contributed by atoms with Gasteiger partial charge in [0.1, 0.15) is 0 Å². The number of benzene rings is 1. The van der Waals surface area contributed by atoms with Crippen LogP contribution in [0.1, 0.15) is 0 Å². The third kappa shape index (κ3) is 2.71. The molecule has 0 saturated carbocycles. The zero-order chi connectivity index (χ0) is 16.6. The lowest BCUT2D eigenvalue weighted by atomic mass is 10.3. The second-order valence-corrected chi connectivity index (χ2v) is 6.58. The fourth-order valence-corrected chi connectivity index (χ4v) is 2.48. The fourth-order valence-electron chi connectivity index (χ4n) is 1.98. The maximum Gasteiger partial charge on any atom is 0.432 e. The van der Waals surface area contributed by atoms with E-state index in [0.29, 0.717) is 11.1 Å². The number of fused-ring (bicyclic) bond motifs is 1. The molecule has 0 aliphatic rings. The van der Waals surface area contributed by atoms with Crippen LogP contribution in [-0.2, 0) is 9.84 Å². The van der Waals surface area contributed by atoms with Crippen molar-refractivity contribution >= 4 is 32.7 Å². The standard InChI is InChI=1S/C13H11N5O4S/c1-23(21,22)12-14-7-9-8-15-18(11(9)16-12)17(13(19)20)10-5-3-2-4-6-10/h2-8H,1H3,(H,19,20). The number of nitrogens with zero attached hydrogens (tertiary/aromatic N) is 5. The van der Waals surface area contributed by atoms with Gasteiger partial charge in [0.2, 0.25) is 15.0 Å². The molecular weight excluding hydrogens is 322 g/mol. The molecule has 1 N–H and O–H groups in total. The SMILES string of the molecule is CS(=O)(=O)c1ncc2cnn(N(C(=O)O)c3ccccc3)c2n1. The Balaban J connectivity index is 2.23.